The van der Waals surface area contributed by atoms with Gasteiger partial charge >= 0.3 is 0 Å². The molecule has 0 fully saturated rings. The standard InChI is InChI=1S/C13H22N2/c1-7-13(5,6)10-8-14-11(15-9-10)12(2,3)4/h8-9H,7H2,1-6H3. The molecule has 0 aliphatic carbocycles. The first kappa shape index (κ1) is 12.2. The lowest BCUT2D eigenvalue weighted by Gasteiger charge is -2.23. The summed E-state index contributed by atoms with van der Waals surface area (Å²) in [4.78, 5) is 8.91. The smallest absolute Gasteiger partial charge is 0.133 e. The van der Waals surface area contributed by atoms with E-state index in [1.807, 2.05) is 12.4 Å². The molecule has 0 radical (unpaired) electrons. The van der Waals surface area contributed by atoms with E-state index in [9.17, 15) is 0 Å². The molecule has 2 heteroatoms. The van der Waals surface area contributed by atoms with Crippen LogP contribution in [0.3, 0.4) is 0 Å². The molecule has 0 saturated carbocycles. The van der Waals surface area contributed by atoms with Gasteiger partial charge in [0.1, 0.15) is 5.82 Å². The zero-order valence-corrected chi connectivity index (χ0v) is 10.8. The Kier molecular flexibility index (Phi) is 3.17. The summed E-state index contributed by atoms with van der Waals surface area (Å²) in [6.45, 7) is 13.0. The van der Waals surface area contributed by atoms with Gasteiger partial charge in [0.2, 0.25) is 0 Å². The predicted molar refractivity (Wildman–Crippen MR) is 64.0 cm³/mol. The van der Waals surface area contributed by atoms with Crippen LogP contribution in [0.1, 0.15) is 59.4 Å². The molecule has 84 valence electrons. The monoisotopic (exact) mass is 206 g/mol. The van der Waals surface area contributed by atoms with E-state index in [-0.39, 0.29) is 10.8 Å². The first-order valence-corrected chi connectivity index (χ1v) is 5.60. The number of nitrogens with zero attached hydrogens (tertiary/aromatic N) is 2. The summed E-state index contributed by atoms with van der Waals surface area (Å²) in [5, 5.41) is 0. The van der Waals surface area contributed by atoms with Gasteiger partial charge in [0, 0.05) is 17.8 Å². The Labute approximate surface area is 93.2 Å². The molecule has 0 N–H and O–H groups in total. The maximum Gasteiger partial charge on any atom is 0.133 e. The van der Waals surface area contributed by atoms with Crippen LogP contribution >= 0.6 is 0 Å². The van der Waals surface area contributed by atoms with Gasteiger partial charge in [-0.3, -0.25) is 0 Å². The summed E-state index contributed by atoms with van der Waals surface area (Å²) in [6, 6.07) is 0. The molecule has 1 rings (SSSR count). The lowest BCUT2D eigenvalue weighted by molar-refractivity contribution is 0.492. The van der Waals surface area contributed by atoms with Crippen molar-refractivity contribution in [2.24, 2.45) is 0 Å². The van der Waals surface area contributed by atoms with E-state index >= 15 is 0 Å². The maximum atomic E-state index is 4.45. The molecule has 0 amide bonds. The van der Waals surface area contributed by atoms with Gasteiger partial charge in [-0.05, 0) is 17.4 Å². The molecule has 1 heterocycles. The van der Waals surface area contributed by atoms with Crippen molar-refractivity contribution in [1.82, 2.24) is 9.97 Å². The molecule has 0 unspecified atom stereocenters. The third-order valence-electron chi connectivity index (χ3n) is 2.99. The van der Waals surface area contributed by atoms with Crippen LogP contribution in [0.25, 0.3) is 0 Å². The van der Waals surface area contributed by atoms with Crippen molar-refractivity contribution in [1.29, 1.82) is 0 Å². The third kappa shape index (κ3) is 2.77. The summed E-state index contributed by atoms with van der Waals surface area (Å²) >= 11 is 0. The van der Waals surface area contributed by atoms with E-state index in [4.69, 9.17) is 0 Å². The van der Waals surface area contributed by atoms with Crippen molar-refractivity contribution in [3.63, 3.8) is 0 Å². The molecular weight excluding hydrogens is 184 g/mol. The lowest BCUT2D eigenvalue weighted by atomic mass is 9.84. The summed E-state index contributed by atoms with van der Waals surface area (Å²) in [6.07, 6.45) is 5.04. The van der Waals surface area contributed by atoms with Crippen LogP contribution in [0.5, 0.6) is 0 Å². The Morgan fingerprint density at radius 2 is 1.47 bits per heavy atom. The van der Waals surface area contributed by atoms with Gasteiger partial charge in [-0.2, -0.15) is 0 Å². The van der Waals surface area contributed by atoms with Crippen molar-refractivity contribution in [3.8, 4) is 0 Å². The minimum atomic E-state index is 0.0366. The van der Waals surface area contributed by atoms with E-state index in [1.54, 1.807) is 0 Å². The quantitative estimate of drug-likeness (QED) is 0.740. The fourth-order valence-electron chi connectivity index (χ4n) is 1.27. The maximum absolute atomic E-state index is 4.45. The van der Waals surface area contributed by atoms with Crippen LogP contribution in [0.2, 0.25) is 0 Å². The molecule has 1 aromatic heterocycles. The van der Waals surface area contributed by atoms with E-state index in [0.717, 1.165) is 12.2 Å². The topological polar surface area (TPSA) is 25.8 Å². The zero-order valence-electron chi connectivity index (χ0n) is 10.8. The highest BCUT2D eigenvalue weighted by Crippen LogP contribution is 2.26. The lowest BCUT2D eigenvalue weighted by Crippen LogP contribution is -2.20. The van der Waals surface area contributed by atoms with Gasteiger partial charge in [-0.1, -0.05) is 41.5 Å². The van der Waals surface area contributed by atoms with Crippen molar-refractivity contribution in [2.75, 3.05) is 0 Å². The first-order chi connectivity index (χ1) is 6.77. The number of rotatable bonds is 2. The zero-order chi connectivity index (χ0) is 11.7. The Balaban J connectivity index is 3.01. The summed E-state index contributed by atoms with van der Waals surface area (Å²) in [7, 11) is 0. The SMILES string of the molecule is CCC(C)(C)c1cnc(C(C)(C)C)nc1. The summed E-state index contributed by atoms with van der Waals surface area (Å²) in [5.41, 5.74) is 1.43. The molecule has 0 saturated heterocycles. The number of hydrogen-bond donors (Lipinski definition) is 0. The van der Waals surface area contributed by atoms with Gasteiger partial charge < -0.3 is 0 Å². The minimum absolute atomic E-state index is 0.0366. The fourth-order valence-corrected chi connectivity index (χ4v) is 1.27. The van der Waals surface area contributed by atoms with Crippen LogP contribution in [-0.4, -0.2) is 9.97 Å². The second kappa shape index (κ2) is 3.92. The van der Waals surface area contributed by atoms with Crippen LogP contribution < -0.4 is 0 Å². The first-order valence-electron chi connectivity index (χ1n) is 5.60. The van der Waals surface area contributed by atoms with Gasteiger partial charge in [0.05, 0.1) is 0 Å². The molecule has 0 aliphatic heterocycles. The second-order valence-electron chi connectivity index (χ2n) is 5.78. The molecule has 1 aromatic rings. The van der Waals surface area contributed by atoms with Crippen LogP contribution in [0.4, 0.5) is 0 Å². The molecule has 0 aromatic carbocycles. The largest absolute Gasteiger partial charge is 0.241 e. The van der Waals surface area contributed by atoms with Crippen molar-refractivity contribution >= 4 is 0 Å². The summed E-state index contributed by atoms with van der Waals surface area (Å²) < 4.78 is 0. The van der Waals surface area contributed by atoms with Crippen molar-refractivity contribution < 1.29 is 0 Å². The second-order valence-corrected chi connectivity index (χ2v) is 5.78. The Hall–Kier alpha value is -0.920. The van der Waals surface area contributed by atoms with E-state index in [0.29, 0.717) is 0 Å². The predicted octanol–water partition coefficient (Wildman–Crippen LogP) is 3.46. The Bertz CT molecular complexity index is 317. The van der Waals surface area contributed by atoms with Crippen LogP contribution in [-0.2, 0) is 10.8 Å². The van der Waals surface area contributed by atoms with Gasteiger partial charge in [-0.25, -0.2) is 9.97 Å². The van der Waals surface area contributed by atoms with Crippen molar-refractivity contribution in [3.05, 3.63) is 23.8 Å². The number of hydrogen-bond acceptors (Lipinski definition) is 2. The molecule has 15 heavy (non-hydrogen) atoms. The highest BCUT2D eigenvalue weighted by Gasteiger charge is 2.21. The number of aromatic nitrogens is 2. The fraction of sp³-hybridized carbons (Fsp3) is 0.692. The van der Waals surface area contributed by atoms with Crippen molar-refractivity contribution in [2.45, 2.75) is 58.8 Å². The Morgan fingerprint density at radius 1 is 1.00 bits per heavy atom. The molecule has 2 nitrogen and oxygen atoms in total. The molecular formula is C13H22N2. The molecule has 0 bridgehead atoms. The Morgan fingerprint density at radius 3 is 1.80 bits per heavy atom. The van der Waals surface area contributed by atoms with Gasteiger partial charge in [0.25, 0.3) is 0 Å². The van der Waals surface area contributed by atoms with Crippen LogP contribution in [0.15, 0.2) is 12.4 Å². The average molecular weight is 206 g/mol. The highest BCUT2D eigenvalue weighted by molar-refractivity contribution is 5.18. The van der Waals surface area contributed by atoms with Gasteiger partial charge in [-0.15, -0.1) is 0 Å². The summed E-state index contributed by atoms with van der Waals surface area (Å²) in [5.74, 6) is 0.915. The van der Waals surface area contributed by atoms with E-state index in [2.05, 4.69) is 51.5 Å². The minimum Gasteiger partial charge on any atom is -0.241 e. The van der Waals surface area contributed by atoms with E-state index in [1.165, 1.54) is 5.56 Å². The normalized spacial score (nSPS) is 12.9. The van der Waals surface area contributed by atoms with Gasteiger partial charge in [0.15, 0.2) is 0 Å². The highest BCUT2D eigenvalue weighted by atomic mass is 14.9. The van der Waals surface area contributed by atoms with Crippen LogP contribution in [0, 0.1) is 0 Å². The molecule has 0 aliphatic rings. The molecule has 0 atom stereocenters. The average Bonchev–Trinajstić information content (AvgIpc) is 2.17. The molecule has 0 spiro atoms. The third-order valence-corrected chi connectivity index (χ3v) is 2.99. The van der Waals surface area contributed by atoms with E-state index < -0.39 is 0 Å².